The van der Waals surface area contributed by atoms with Crippen LogP contribution in [-0.2, 0) is 9.53 Å². The molecule has 4 atom stereocenters. The zero-order chi connectivity index (χ0) is 13.3. The van der Waals surface area contributed by atoms with Gasteiger partial charge < -0.3 is 4.74 Å². The molecule has 2 heteroatoms. The number of fused-ring (bicyclic) bond motifs is 9. The minimum atomic E-state index is -0.0220. The van der Waals surface area contributed by atoms with E-state index in [4.69, 9.17) is 4.74 Å². The van der Waals surface area contributed by atoms with Crippen molar-refractivity contribution in [2.24, 2.45) is 17.8 Å². The van der Waals surface area contributed by atoms with E-state index >= 15 is 0 Å². The third kappa shape index (κ3) is 2.37. The van der Waals surface area contributed by atoms with Crippen molar-refractivity contribution in [2.75, 3.05) is 7.11 Å². The maximum atomic E-state index is 12.5. The Balaban J connectivity index is 1.64. The van der Waals surface area contributed by atoms with E-state index < -0.39 is 0 Å². The van der Waals surface area contributed by atoms with Gasteiger partial charge in [0.15, 0.2) is 0 Å². The molecule has 4 fully saturated rings. The molecule has 4 aliphatic rings. The molecule has 0 heterocycles. The van der Waals surface area contributed by atoms with Crippen molar-refractivity contribution in [1.82, 2.24) is 0 Å². The van der Waals surface area contributed by atoms with E-state index in [1.165, 1.54) is 57.8 Å². The number of ketones is 1. The van der Waals surface area contributed by atoms with Gasteiger partial charge in [0, 0.05) is 18.9 Å². The summed E-state index contributed by atoms with van der Waals surface area (Å²) in [5, 5.41) is 0. The van der Waals surface area contributed by atoms with Gasteiger partial charge in [-0.25, -0.2) is 0 Å². The van der Waals surface area contributed by atoms with E-state index in [1.54, 1.807) is 0 Å². The smallest absolute Gasteiger partial charge is 0.142 e. The molecule has 19 heavy (non-hydrogen) atoms. The van der Waals surface area contributed by atoms with Crippen LogP contribution in [0.3, 0.4) is 0 Å². The van der Waals surface area contributed by atoms with Crippen molar-refractivity contribution in [3.8, 4) is 0 Å². The van der Waals surface area contributed by atoms with Gasteiger partial charge in [0.25, 0.3) is 0 Å². The second-order valence-electron chi connectivity index (χ2n) is 6.95. The van der Waals surface area contributed by atoms with Crippen molar-refractivity contribution < 1.29 is 9.53 Å². The van der Waals surface area contributed by atoms with Crippen LogP contribution >= 0.6 is 0 Å². The Labute approximate surface area is 117 Å². The molecule has 4 rings (SSSR count). The van der Waals surface area contributed by atoms with Crippen LogP contribution in [0.1, 0.15) is 70.6 Å². The molecule has 0 aromatic carbocycles. The van der Waals surface area contributed by atoms with E-state index in [9.17, 15) is 4.79 Å². The first kappa shape index (κ1) is 13.6. The second-order valence-corrected chi connectivity index (χ2v) is 6.95. The van der Waals surface area contributed by atoms with E-state index in [0.29, 0.717) is 17.6 Å². The summed E-state index contributed by atoms with van der Waals surface area (Å²) in [6, 6.07) is 0. The molecule has 2 nitrogen and oxygen atoms in total. The molecule has 0 aliphatic heterocycles. The molecule has 0 spiro atoms. The van der Waals surface area contributed by atoms with Gasteiger partial charge in [-0.3, -0.25) is 4.79 Å². The molecule has 0 N–H and O–H groups in total. The maximum Gasteiger partial charge on any atom is 0.142 e. The SMILES string of the molecule is COC12CC3CCCCCCCCCCC1C2C3=O. The number of ether oxygens (including phenoxy) is 1. The number of hydrogen-bond acceptors (Lipinski definition) is 2. The van der Waals surface area contributed by atoms with Gasteiger partial charge in [-0.2, -0.15) is 0 Å². The molecule has 0 aromatic heterocycles. The average Bonchev–Trinajstić information content (AvgIpc) is 2.96. The number of methoxy groups -OCH3 is 1. The molecule has 4 saturated carbocycles. The first-order valence-corrected chi connectivity index (χ1v) is 8.38. The highest BCUT2D eigenvalue weighted by molar-refractivity contribution is 5.91. The molecule has 0 saturated heterocycles. The van der Waals surface area contributed by atoms with Crippen molar-refractivity contribution in [1.29, 1.82) is 0 Å². The third-order valence-electron chi connectivity index (χ3n) is 5.92. The zero-order valence-corrected chi connectivity index (χ0v) is 12.3. The van der Waals surface area contributed by atoms with Crippen molar-refractivity contribution in [3.63, 3.8) is 0 Å². The van der Waals surface area contributed by atoms with Crippen molar-refractivity contribution >= 4 is 5.78 Å². The first-order chi connectivity index (χ1) is 9.29. The summed E-state index contributed by atoms with van der Waals surface area (Å²) in [6.45, 7) is 0. The Bertz CT molecular complexity index is 338. The minimum Gasteiger partial charge on any atom is -0.377 e. The summed E-state index contributed by atoms with van der Waals surface area (Å²) in [4.78, 5) is 12.5. The topological polar surface area (TPSA) is 26.3 Å². The lowest BCUT2D eigenvalue weighted by Crippen LogP contribution is -2.19. The summed E-state index contributed by atoms with van der Waals surface area (Å²) in [5.74, 6) is 1.70. The number of carbonyl (C=O) groups excluding carboxylic acids is 1. The number of hydrogen-bond donors (Lipinski definition) is 0. The van der Waals surface area contributed by atoms with Gasteiger partial charge in [-0.1, -0.05) is 51.4 Å². The lowest BCUT2D eigenvalue weighted by Gasteiger charge is -2.18. The van der Waals surface area contributed by atoms with Crippen molar-refractivity contribution in [3.05, 3.63) is 0 Å². The van der Waals surface area contributed by atoms with Crippen LogP contribution in [-0.4, -0.2) is 18.5 Å². The number of carbonyl (C=O) groups is 1. The Hall–Kier alpha value is -0.370. The largest absolute Gasteiger partial charge is 0.377 e. The van der Waals surface area contributed by atoms with E-state index in [2.05, 4.69) is 0 Å². The fourth-order valence-electron chi connectivity index (χ4n) is 4.78. The van der Waals surface area contributed by atoms with Gasteiger partial charge in [0.2, 0.25) is 0 Å². The Kier molecular flexibility index (Phi) is 3.98. The normalized spacial score (nSPS) is 43.8. The highest BCUT2D eigenvalue weighted by Gasteiger charge is 2.73. The number of rotatable bonds is 1. The lowest BCUT2D eigenvalue weighted by atomic mass is 9.90. The predicted octanol–water partition coefficient (Wildman–Crippen LogP) is 4.12. The van der Waals surface area contributed by atoms with Crippen LogP contribution in [0.15, 0.2) is 0 Å². The van der Waals surface area contributed by atoms with E-state index in [1.807, 2.05) is 7.11 Å². The van der Waals surface area contributed by atoms with Crippen LogP contribution < -0.4 is 0 Å². The summed E-state index contributed by atoms with van der Waals surface area (Å²) < 4.78 is 5.82. The van der Waals surface area contributed by atoms with Crippen LogP contribution in [0.5, 0.6) is 0 Å². The predicted molar refractivity (Wildman–Crippen MR) is 76.0 cm³/mol. The first-order valence-electron chi connectivity index (χ1n) is 8.38. The molecular formula is C17H28O2. The van der Waals surface area contributed by atoms with Crippen LogP contribution in [0.2, 0.25) is 0 Å². The quantitative estimate of drug-likeness (QED) is 0.712. The third-order valence-corrected chi connectivity index (χ3v) is 5.92. The molecular weight excluding hydrogens is 236 g/mol. The second kappa shape index (κ2) is 5.55. The zero-order valence-electron chi connectivity index (χ0n) is 12.3. The summed E-state index contributed by atoms with van der Waals surface area (Å²) in [6.07, 6.45) is 14.1. The maximum absolute atomic E-state index is 12.5. The summed E-state index contributed by atoms with van der Waals surface area (Å²) in [5.41, 5.74) is -0.0220. The molecule has 0 aromatic rings. The molecule has 4 aliphatic carbocycles. The standard InChI is InChI=1S/C17H28O2/c1-19-17-12-13-10-8-6-4-2-3-5-7-9-11-14(17)15(17)16(13)18/h13-15H,2-12H2,1H3. The number of Topliss-reactive ketones (excluding diaryl/α,β-unsaturated/α-hetero) is 1. The summed E-state index contributed by atoms with van der Waals surface area (Å²) >= 11 is 0. The average molecular weight is 264 g/mol. The summed E-state index contributed by atoms with van der Waals surface area (Å²) in [7, 11) is 1.83. The minimum absolute atomic E-state index is 0.0220. The molecule has 4 unspecified atom stereocenters. The highest BCUT2D eigenvalue weighted by atomic mass is 16.5. The fraction of sp³-hybridized carbons (Fsp3) is 0.941. The lowest BCUT2D eigenvalue weighted by molar-refractivity contribution is -0.123. The molecule has 0 amide bonds. The van der Waals surface area contributed by atoms with Gasteiger partial charge in [-0.05, 0) is 19.3 Å². The molecule has 0 radical (unpaired) electrons. The molecule has 4 bridgehead atoms. The fourth-order valence-corrected chi connectivity index (χ4v) is 4.78. The van der Waals surface area contributed by atoms with Gasteiger partial charge in [0.05, 0.1) is 11.5 Å². The molecule has 108 valence electrons. The van der Waals surface area contributed by atoms with E-state index in [0.717, 1.165) is 12.8 Å². The van der Waals surface area contributed by atoms with Gasteiger partial charge in [0.1, 0.15) is 5.78 Å². The Morgan fingerprint density at radius 3 is 2.11 bits per heavy atom. The van der Waals surface area contributed by atoms with Crippen molar-refractivity contribution in [2.45, 2.75) is 76.2 Å². The Morgan fingerprint density at radius 2 is 1.53 bits per heavy atom. The van der Waals surface area contributed by atoms with Crippen LogP contribution in [0, 0.1) is 17.8 Å². The van der Waals surface area contributed by atoms with Gasteiger partial charge >= 0.3 is 0 Å². The van der Waals surface area contributed by atoms with Gasteiger partial charge in [-0.15, -0.1) is 0 Å². The van der Waals surface area contributed by atoms with Crippen LogP contribution in [0.25, 0.3) is 0 Å². The van der Waals surface area contributed by atoms with E-state index in [-0.39, 0.29) is 11.5 Å². The van der Waals surface area contributed by atoms with Crippen LogP contribution in [0.4, 0.5) is 0 Å². The monoisotopic (exact) mass is 264 g/mol. The Morgan fingerprint density at radius 1 is 0.947 bits per heavy atom. The highest BCUT2D eigenvalue weighted by Crippen LogP contribution is 2.65.